The van der Waals surface area contributed by atoms with Crippen molar-refractivity contribution in [2.75, 3.05) is 5.32 Å². The van der Waals surface area contributed by atoms with Gasteiger partial charge in [-0.2, -0.15) is 4.39 Å². The molecule has 0 aliphatic carbocycles. The van der Waals surface area contributed by atoms with Crippen molar-refractivity contribution in [1.82, 2.24) is 5.32 Å². The van der Waals surface area contributed by atoms with Crippen LogP contribution in [0.1, 0.15) is 19.8 Å². The van der Waals surface area contributed by atoms with Gasteiger partial charge in [0.15, 0.2) is 0 Å². The Morgan fingerprint density at radius 1 is 1.48 bits per heavy atom. The van der Waals surface area contributed by atoms with Crippen LogP contribution in [0.4, 0.5) is 20.6 Å². The zero-order valence-corrected chi connectivity index (χ0v) is 11.1. The Hall–Kier alpha value is -2.71. The molecular formula is C12H14FN3O5. The fourth-order valence-electron chi connectivity index (χ4n) is 1.60. The van der Waals surface area contributed by atoms with Crippen LogP contribution in [0.25, 0.3) is 0 Å². The van der Waals surface area contributed by atoms with Crippen molar-refractivity contribution >= 4 is 23.4 Å². The van der Waals surface area contributed by atoms with Crippen molar-refractivity contribution in [1.29, 1.82) is 0 Å². The Labute approximate surface area is 119 Å². The lowest BCUT2D eigenvalue weighted by Crippen LogP contribution is -2.42. The van der Waals surface area contributed by atoms with E-state index in [1.54, 1.807) is 6.92 Å². The molecule has 2 amide bonds. The number of nitrogens with zero attached hydrogens (tertiary/aromatic N) is 1. The molecule has 0 aliphatic rings. The smallest absolute Gasteiger partial charge is 0.326 e. The summed E-state index contributed by atoms with van der Waals surface area (Å²) in [5.41, 5.74) is -0.730. The normalized spacial score (nSPS) is 11.5. The van der Waals surface area contributed by atoms with Gasteiger partial charge in [0.25, 0.3) is 0 Å². The van der Waals surface area contributed by atoms with Crippen molar-refractivity contribution in [2.45, 2.75) is 25.8 Å². The Morgan fingerprint density at radius 2 is 2.14 bits per heavy atom. The fourth-order valence-corrected chi connectivity index (χ4v) is 1.60. The average molecular weight is 299 g/mol. The summed E-state index contributed by atoms with van der Waals surface area (Å²) in [6, 6.07) is 0.956. The molecule has 0 spiro atoms. The maximum atomic E-state index is 13.4. The quantitative estimate of drug-likeness (QED) is 0.548. The molecule has 9 heteroatoms. The zero-order valence-electron chi connectivity index (χ0n) is 11.1. The van der Waals surface area contributed by atoms with Crippen molar-refractivity contribution in [3.63, 3.8) is 0 Å². The summed E-state index contributed by atoms with van der Waals surface area (Å²) < 4.78 is 13.4. The standard InChI is InChI=1S/C12H14FN3O5/c1-2-3-9(11(17)18)15-12(19)14-7-4-5-10(16(20)21)8(13)6-7/h4-6,9H,2-3H2,1H3,(H,17,18)(H2,14,15,19)/t9-/m1/s1. The fraction of sp³-hybridized carbons (Fsp3) is 0.333. The van der Waals surface area contributed by atoms with Crippen LogP contribution in [0.3, 0.4) is 0 Å². The molecule has 1 aromatic carbocycles. The van der Waals surface area contributed by atoms with Crippen LogP contribution >= 0.6 is 0 Å². The molecule has 1 atom stereocenters. The van der Waals surface area contributed by atoms with Crippen LogP contribution in [0, 0.1) is 15.9 Å². The minimum absolute atomic E-state index is 0.0174. The summed E-state index contributed by atoms with van der Waals surface area (Å²) >= 11 is 0. The maximum Gasteiger partial charge on any atom is 0.326 e. The Bertz CT molecular complexity index is 564. The number of aliphatic carboxylic acids is 1. The summed E-state index contributed by atoms with van der Waals surface area (Å²) in [5.74, 6) is -2.27. The van der Waals surface area contributed by atoms with Gasteiger partial charge < -0.3 is 15.7 Å². The minimum Gasteiger partial charge on any atom is -0.480 e. The molecule has 0 heterocycles. The minimum atomic E-state index is -1.18. The van der Waals surface area contributed by atoms with E-state index in [2.05, 4.69) is 10.6 Å². The Kier molecular flexibility index (Phi) is 5.58. The number of carbonyl (C=O) groups excluding carboxylic acids is 1. The van der Waals surface area contributed by atoms with Crippen LogP contribution in [0.2, 0.25) is 0 Å². The van der Waals surface area contributed by atoms with Crippen LogP contribution in [0.5, 0.6) is 0 Å². The number of benzene rings is 1. The lowest BCUT2D eigenvalue weighted by atomic mass is 10.2. The molecule has 21 heavy (non-hydrogen) atoms. The van der Waals surface area contributed by atoms with Crippen molar-refractivity contribution in [2.24, 2.45) is 0 Å². The number of carboxylic acids is 1. The van der Waals surface area contributed by atoms with E-state index < -0.39 is 34.5 Å². The number of hydrogen-bond donors (Lipinski definition) is 3. The van der Waals surface area contributed by atoms with E-state index in [1.165, 1.54) is 0 Å². The van der Waals surface area contributed by atoms with Crippen LogP contribution in [-0.4, -0.2) is 28.1 Å². The number of rotatable bonds is 6. The number of urea groups is 1. The predicted molar refractivity (Wildman–Crippen MR) is 71.5 cm³/mol. The molecule has 3 N–H and O–H groups in total. The van der Waals surface area contributed by atoms with Gasteiger partial charge in [-0.05, 0) is 12.5 Å². The molecule has 114 valence electrons. The van der Waals surface area contributed by atoms with Crippen molar-refractivity contribution in [3.8, 4) is 0 Å². The third-order valence-electron chi connectivity index (χ3n) is 2.58. The summed E-state index contributed by atoms with van der Waals surface area (Å²) in [6.07, 6.45) is 0.806. The van der Waals surface area contributed by atoms with Crippen LogP contribution in [-0.2, 0) is 4.79 Å². The van der Waals surface area contributed by atoms with Crippen molar-refractivity contribution in [3.05, 3.63) is 34.1 Å². The third kappa shape index (κ3) is 4.71. The zero-order chi connectivity index (χ0) is 16.0. The summed E-state index contributed by atoms with van der Waals surface area (Å²) in [5, 5.41) is 23.8. The van der Waals surface area contributed by atoms with E-state index in [4.69, 9.17) is 5.11 Å². The van der Waals surface area contributed by atoms with Gasteiger partial charge in [0.2, 0.25) is 5.82 Å². The molecule has 0 bridgehead atoms. The lowest BCUT2D eigenvalue weighted by Gasteiger charge is -2.14. The summed E-state index contributed by atoms with van der Waals surface area (Å²) in [7, 11) is 0. The largest absolute Gasteiger partial charge is 0.480 e. The second-order valence-electron chi connectivity index (χ2n) is 4.20. The molecule has 1 aromatic rings. The number of carbonyl (C=O) groups is 2. The molecule has 0 aliphatic heterocycles. The van der Waals surface area contributed by atoms with Gasteiger partial charge in [-0.3, -0.25) is 10.1 Å². The second-order valence-corrected chi connectivity index (χ2v) is 4.20. The maximum absolute atomic E-state index is 13.4. The van der Waals surface area contributed by atoms with Crippen LogP contribution < -0.4 is 10.6 Å². The molecule has 0 aromatic heterocycles. The van der Waals surface area contributed by atoms with E-state index in [0.29, 0.717) is 6.42 Å². The van der Waals surface area contributed by atoms with Gasteiger partial charge in [0, 0.05) is 17.8 Å². The molecule has 0 fully saturated rings. The number of amides is 2. The van der Waals surface area contributed by atoms with E-state index in [-0.39, 0.29) is 12.1 Å². The first-order valence-corrected chi connectivity index (χ1v) is 6.09. The molecule has 0 saturated heterocycles. The first-order chi connectivity index (χ1) is 9.85. The molecule has 1 rings (SSSR count). The van der Waals surface area contributed by atoms with E-state index in [9.17, 15) is 24.1 Å². The predicted octanol–water partition coefficient (Wildman–Crippen LogP) is 2.11. The van der Waals surface area contributed by atoms with E-state index >= 15 is 0 Å². The third-order valence-corrected chi connectivity index (χ3v) is 2.58. The molecule has 0 saturated carbocycles. The highest BCUT2D eigenvalue weighted by Crippen LogP contribution is 2.20. The Balaban J connectivity index is 2.72. The number of nitro groups is 1. The summed E-state index contributed by atoms with van der Waals surface area (Å²) in [6.45, 7) is 1.77. The lowest BCUT2D eigenvalue weighted by molar-refractivity contribution is -0.387. The first-order valence-electron chi connectivity index (χ1n) is 6.09. The van der Waals surface area contributed by atoms with Gasteiger partial charge in [0.1, 0.15) is 6.04 Å². The number of hydrogen-bond acceptors (Lipinski definition) is 4. The first kappa shape index (κ1) is 16.3. The van der Waals surface area contributed by atoms with E-state index in [1.807, 2.05) is 0 Å². The van der Waals surface area contributed by atoms with E-state index in [0.717, 1.165) is 18.2 Å². The van der Waals surface area contributed by atoms with Crippen LogP contribution in [0.15, 0.2) is 18.2 Å². The van der Waals surface area contributed by atoms with Gasteiger partial charge in [-0.15, -0.1) is 0 Å². The monoisotopic (exact) mass is 299 g/mol. The highest BCUT2D eigenvalue weighted by Gasteiger charge is 2.19. The summed E-state index contributed by atoms with van der Waals surface area (Å²) in [4.78, 5) is 32.0. The number of anilines is 1. The number of nitro benzene ring substituents is 1. The van der Waals surface area contributed by atoms with Gasteiger partial charge >= 0.3 is 17.7 Å². The average Bonchev–Trinajstić information content (AvgIpc) is 2.37. The number of nitrogens with one attached hydrogen (secondary N) is 2. The Morgan fingerprint density at radius 3 is 2.62 bits per heavy atom. The van der Waals surface area contributed by atoms with Gasteiger partial charge in [-0.25, -0.2) is 9.59 Å². The number of halogens is 1. The number of carboxylic acid groups (broad SMARTS) is 1. The van der Waals surface area contributed by atoms with Gasteiger partial charge in [0.05, 0.1) is 4.92 Å². The highest BCUT2D eigenvalue weighted by atomic mass is 19.1. The SMILES string of the molecule is CCC[C@@H](NC(=O)Nc1ccc([N+](=O)[O-])c(F)c1)C(=O)O. The second kappa shape index (κ2) is 7.17. The topological polar surface area (TPSA) is 122 Å². The molecule has 0 unspecified atom stereocenters. The van der Waals surface area contributed by atoms with Crippen molar-refractivity contribution < 1.29 is 24.0 Å². The molecule has 8 nitrogen and oxygen atoms in total. The molecule has 0 radical (unpaired) electrons. The molecular weight excluding hydrogens is 285 g/mol. The highest BCUT2D eigenvalue weighted by molar-refractivity contribution is 5.92. The van der Waals surface area contributed by atoms with Gasteiger partial charge in [-0.1, -0.05) is 13.3 Å².